The maximum Gasteiger partial charge on any atom is 0.0315 e. The molecule has 0 aromatic carbocycles. The minimum absolute atomic E-state index is 0.907. The van der Waals surface area contributed by atoms with Crippen LogP contribution < -0.4 is 5.32 Å². The van der Waals surface area contributed by atoms with Gasteiger partial charge in [0.1, 0.15) is 0 Å². The smallest absolute Gasteiger partial charge is 0.0315 e. The molecule has 0 amide bonds. The van der Waals surface area contributed by atoms with Crippen LogP contribution in [0.25, 0.3) is 0 Å². The highest BCUT2D eigenvalue weighted by Crippen LogP contribution is 2.06. The summed E-state index contributed by atoms with van der Waals surface area (Å²) < 4.78 is 0. The number of nitrogens with zero attached hydrogens (tertiary/aromatic N) is 1. The first-order chi connectivity index (χ1) is 7.86. The van der Waals surface area contributed by atoms with Gasteiger partial charge in [0.15, 0.2) is 0 Å². The summed E-state index contributed by atoms with van der Waals surface area (Å²) in [6.45, 7) is 4.05. The lowest BCUT2D eigenvalue weighted by atomic mass is 10.1. The Morgan fingerprint density at radius 3 is 3.06 bits per heavy atom. The Labute approximate surface area is 100 Å². The fraction of sp³-hybridized carbons (Fsp3) is 0.308. The summed E-state index contributed by atoms with van der Waals surface area (Å²) in [6.07, 6.45) is 4.87. The standard InChI is InChI=1S/C13H16N2S/c1-11-2-5-14-8-13(11)9-15-6-3-12-4-7-16-10-12/h2,4-5,7-8,10,15H,3,6,9H2,1H3. The SMILES string of the molecule is Cc1ccncc1CNCCc1ccsc1. The van der Waals surface area contributed by atoms with Crippen LogP contribution in [0.1, 0.15) is 16.7 Å². The van der Waals surface area contributed by atoms with E-state index < -0.39 is 0 Å². The van der Waals surface area contributed by atoms with E-state index in [1.165, 1.54) is 16.7 Å². The number of nitrogens with one attached hydrogen (secondary N) is 1. The molecule has 1 N–H and O–H groups in total. The molecule has 0 fully saturated rings. The topological polar surface area (TPSA) is 24.9 Å². The molecule has 84 valence electrons. The molecular formula is C13H16N2S. The minimum Gasteiger partial charge on any atom is -0.312 e. The van der Waals surface area contributed by atoms with Crippen LogP contribution >= 0.6 is 11.3 Å². The van der Waals surface area contributed by atoms with E-state index in [0.717, 1.165) is 19.5 Å². The molecule has 2 aromatic heterocycles. The fourth-order valence-corrected chi connectivity index (χ4v) is 2.28. The molecule has 0 radical (unpaired) electrons. The van der Waals surface area contributed by atoms with Gasteiger partial charge in [0.25, 0.3) is 0 Å². The zero-order valence-electron chi connectivity index (χ0n) is 9.44. The van der Waals surface area contributed by atoms with Gasteiger partial charge in [0, 0.05) is 18.9 Å². The Morgan fingerprint density at radius 1 is 1.38 bits per heavy atom. The van der Waals surface area contributed by atoms with Gasteiger partial charge in [-0.25, -0.2) is 0 Å². The molecule has 0 bridgehead atoms. The summed E-state index contributed by atoms with van der Waals surface area (Å²) in [6, 6.07) is 4.23. The van der Waals surface area contributed by atoms with Crippen LogP contribution in [0, 0.1) is 6.92 Å². The van der Waals surface area contributed by atoms with Crippen molar-refractivity contribution in [3.8, 4) is 0 Å². The lowest BCUT2D eigenvalue weighted by molar-refractivity contribution is 0.683. The van der Waals surface area contributed by atoms with Gasteiger partial charge < -0.3 is 5.32 Å². The Hall–Kier alpha value is -1.19. The van der Waals surface area contributed by atoms with Crippen LogP contribution in [-0.4, -0.2) is 11.5 Å². The largest absolute Gasteiger partial charge is 0.312 e. The minimum atomic E-state index is 0.907. The summed E-state index contributed by atoms with van der Waals surface area (Å²) >= 11 is 1.76. The van der Waals surface area contributed by atoms with Crippen molar-refractivity contribution < 1.29 is 0 Å². The number of thiophene rings is 1. The van der Waals surface area contributed by atoms with E-state index in [-0.39, 0.29) is 0 Å². The van der Waals surface area contributed by atoms with Crippen molar-refractivity contribution in [1.82, 2.24) is 10.3 Å². The van der Waals surface area contributed by atoms with E-state index in [0.29, 0.717) is 0 Å². The Kier molecular flexibility index (Phi) is 4.08. The van der Waals surface area contributed by atoms with Crippen LogP contribution in [0.4, 0.5) is 0 Å². The van der Waals surface area contributed by atoms with Gasteiger partial charge in [-0.15, -0.1) is 0 Å². The number of hydrogen-bond donors (Lipinski definition) is 1. The second-order valence-corrected chi connectivity index (χ2v) is 4.64. The average molecular weight is 232 g/mol. The van der Waals surface area contributed by atoms with Crippen molar-refractivity contribution in [2.75, 3.05) is 6.54 Å². The summed E-state index contributed by atoms with van der Waals surface area (Å²) in [4.78, 5) is 4.14. The van der Waals surface area contributed by atoms with Crippen molar-refractivity contribution in [3.63, 3.8) is 0 Å². The first-order valence-corrected chi connectivity index (χ1v) is 6.42. The fourth-order valence-electron chi connectivity index (χ4n) is 1.57. The summed E-state index contributed by atoms with van der Waals surface area (Å²) in [7, 11) is 0. The maximum atomic E-state index is 4.14. The molecule has 2 aromatic rings. The molecular weight excluding hydrogens is 216 g/mol. The van der Waals surface area contributed by atoms with E-state index in [9.17, 15) is 0 Å². The second-order valence-electron chi connectivity index (χ2n) is 3.86. The summed E-state index contributed by atoms with van der Waals surface area (Å²) in [5.41, 5.74) is 4.01. The van der Waals surface area contributed by atoms with Gasteiger partial charge in [0.2, 0.25) is 0 Å². The van der Waals surface area contributed by atoms with Crippen LogP contribution in [0.5, 0.6) is 0 Å². The summed E-state index contributed by atoms with van der Waals surface area (Å²) in [5.74, 6) is 0. The Bertz CT molecular complexity index is 423. The molecule has 0 aliphatic carbocycles. The van der Waals surface area contributed by atoms with Crippen LogP contribution in [0.15, 0.2) is 35.3 Å². The predicted molar refractivity (Wildman–Crippen MR) is 68.7 cm³/mol. The molecule has 3 heteroatoms. The van der Waals surface area contributed by atoms with Crippen molar-refractivity contribution in [2.45, 2.75) is 19.9 Å². The number of pyridine rings is 1. The monoisotopic (exact) mass is 232 g/mol. The number of rotatable bonds is 5. The van der Waals surface area contributed by atoms with Gasteiger partial charge in [-0.1, -0.05) is 0 Å². The predicted octanol–water partition coefficient (Wildman–Crippen LogP) is 2.78. The lowest BCUT2D eigenvalue weighted by Gasteiger charge is -2.06. The third-order valence-electron chi connectivity index (χ3n) is 2.63. The molecule has 2 rings (SSSR count). The zero-order chi connectivity index (χ0) is 11.2. The summed E-state index contributed by atoms with van der Waals surface area (Å²) in [5, 5.41) is 7.78. The van der Waals surface area contributed by atoms with E-state index >= 15 is 0 Å². The molecule has 16 heavy (non-hydrogen) atoms. The number of aryl methyl sites for hydroxylation is 1. The van der Waals surface area contributed by atoms with Gasteiger partial charge in [-0.3, -0.25) is 4.98 Å². The molecule has 2 nitrogen and oxygen atoms in total. The van der Waals surface area contributed by atoms with E-state index in [2.05, 4.69) is 40.1 Å². The third-order valence-corrected chi connectivity index (χ3v) is 3.37. The molecule has 2 heterocycles. The first-order valence-electron chi connectivity index (χ1n) is 5.47. The van der Waals surface area contributed by atoms with Crippen molar-refractivity contribution in [2.24, 2.45) is 0 Å². The molecule has 0 atom stereocenters. The van der Waals surface area contributed by atoms with Gasteiger partial charge >= 0.3 is 0 Å². The molecule has 0 spiro atoms. The highest BCUT2D eigenvalue weighted by atomic mass is 32.1. The van der Waals surface area contributed by atoms with Gasteiger partial charge in [-0.2, -0.15) is 11.3 Å². The number of hydrogen-bond acceptors (Lipinski definition) is 3. The van der Waals surface area contributed by atoms with E-state index in [1.807, 2.05) is 12.4 Å². The quantitative estimate of drug-likeness (QED) is 0.802. The highest BCUT2D eigenvalue weighted by Gasteiger charge is 1.97. The number of aromatic nitrogens is 1. The Morgan fingerprint density at radius 2 is 2.31 bits per heavy atom. The van der Waals surface area contributed by atoms with Gasteiger partial charge in [0.05, 0.1) is 0 Å². The van der Waals surface area contributed by atoms with Crippen LogP contribution in [0.2, 0.25) is 0 Å². The van der Waals surface area contributed by atoms with Crippen molar-refractivity contribution >= 4 is 11.3 Å². The first kappa shape index (κ1) is 11.3. The van der Waals surface area contributed by atoms with E-state index in [1.54, 1.807) is 11.3 Å². The van der Waals surface area contributed by atoms with Crippen LogP contribution in [-0.2, 0) is 13.0 Å². The third kappa shape index (κ3) is 3.15. The molecule has 0 aliphatic heterocycles. The molecule has 0 aliphatic rings. The lowest BCUT2D eigenvalue weighted by Crippen LogP contribution is -2.17. The normalized spacial score (nSPS) is 10.6. The van der Waals surface area contributed by atoms with Crippen molar-refractivity contribution in [1.29, 1.82) is 0 Å². The molecule has 0 saturated heterocycles. The maximum absolute atomic E-state index is 4.14. The van der Waals surface area contributed by atoms with Crippen molar-refractivity contribution in [3.05, 3.63) is 52.0 Å². The van der Waals surface area contributed by atoms with E-state index in [4.69, 9.17) is 0 Å². The molecule has 0 unspecified atom stereocenters. The molecule has 0 saturated carbocycles. The zero-order valence-corrected chi connectivity index (χ0v) is 10.3. The second kappa shape index (κ2) is 5.77. The highest BCUT2D eigenvalue weighted by molar-refractivity contribution is 7.07. The average Bonchev–Trinajstić information content (AvgIpc) is 2.79. The van der Waals surface area contributed by atoms with Gasteiger partial charge in [-0.05, 0) is 59.5 Å². The van der Waals surface area contributed by atoms with Crippen LogP contribution in [0.3, 0.4) is 0 Å². The Balaban J connectivity index is 1.74.